The lowest BCUT2D eigenvalue weighted by atomic mass is 10.1. The smallest absolute Gasteiger partial charge is 0.336 e. The van der Waals surface area contributed by atoms with Crippen LogP contribution in [0.4, 0.5) is 5.69 Å². The van der Waals surface area contributed by atoms with Gasteiger partial charge in [0.15, 0.2) is 0 Å². The number of aromatic nitrogens is 2. The van der Waals surface area contributed by atoms with Gasteiger partial charge < -0.3 is 10.1 Å². The third-order valence-electron chi connectivity index (χ3n) is 5.19. The van der Waals surface area contributed by atoms with Crippen LogP contribution in [0.5, 0.6) is 5.75 Å². The van der Waals surface area contributed by atoms with Crippen molar-refractivity contribution in [2.75, 3.05) is 12.4 Å². The van der Waals surface area contributed by atoms with E-state index >= 15 is 0 Å². The van der Waals surface area contributed by atoms with Gasteiger partial charge in [0, 0.05) is 5.69 Å². The fourth-order valence-corrected chi connectivity index (χ4v) is 3.80. The number of hydrogen-bond acceptors (Lipinski definition) is 4. The number of rotatable bonds is 5. The topological polar surface area (TPSA) is 82.3 Å². The van der Waals surface area contributed by atoms with E-state index in [0.717, 1.165) is 15.7 Å². The van der Waals surface area contributed by atoms with E-state index in [1.165, 1.54) is 4.57 Å². The lowest BCUT2D eigenvalue weighted by molar-refractivity contribution is -0.116. The third kappa shape index (κ3) is 4.05. The highest BCUT2D eigenvalue weighted by molar-refractivity contribution is 5.91. The van der Waals surface area contributed by atoms with Crippen LogP contribution in [-0.2, 0) is 11.3 Å². The summed E-state index contributed by atoms with van der Waals surface area (Å²) in [6, 6.07) is 19.2. The van der Waals surface area contributed by atoms with Crippen molar-refractivity contribution in [2.24, 2.45) is 0 Å². The molecule has 0 saturated heterocycles. The van der Waals surface area contributed by atoms with Gasteiger partial charge in [0.1, 0.15) is 12.3 Å². The van der Waals surface area contributed by atoms with Crippen molar-refractivity contribution in [3.8, 4) is 11.4 Å². The molecule has 7 heteroatoms. The van der Waals surface area contributed by atoms with Crippen molar-refractivity contribution in [1.82, 2.24) is 9.13 Å². The van der Waals surface area contributed by atoms with Crippen LogP contribution in [-0.4, -0.2) is 22.2 Å². The molecule has 0 aliphatic carbocycles. The Morgan fingerprint density at radius 1 is 0.938 bits per heavy atom. The predicted molar refractivity (Wildman–Crippen MR) is 125 cm³/mol. The molecule has 0 atom stereocenters. The first kappa shape index (κ1) is 21.1. The highest BCUT2D eigenvalue weighted by atomic mass is 16.5. The molecule has 162 valence electrons. The van der Waals surface area contributed by atoms with Gasteiger partial charge in [0.25, 0.3) is 5.56 Å². The summed E-state index contributed by atoms with van der Waals surface area (Å²) >= 11 is 0. The molecule has 4 rings (SSSR count). The Balaban J connectivity index is 1.80. The van der Waals surface area contributed by atoms with Gasteiger partial charge in [-0.3, -0.25) is 14.2 Å². The maximum Gasteiger partial charge on any atom is 0.336 e. The van der Waals surface area contributed by atoms with Crippen LogP contribution in [0.25, 0.3) is 16.6 Å². The Labute approximate surface area is 184 Å². The van der Waals surface area contributed by atoms with Crippen LogP contribution in [0.15, 0.2) is 76.3 Å². The summed E-state index contributed by atoms with van der Waals surface area (Å²) in [5.74, 6) is 0.291. The van der Waals surface area contributed by atoms with Crippen molar-refractivity contribution in [2.45, 2.75) is 20.4 Å². The molecule has 32 heavy (non-hydrogen) atoms. The molecule has 0 saturated carbocycles. The number of para-hydroxylation sites is 1. The second-order valence-electron chi connectivity index (χ2n) is 7.65. The quantitative estimate of drug-likeness (QED) is 0.527. The van der Waals surface area contributed by atoms with Crippen LogP contribution in [0.2, 0.25) is 0 Å². The zero-order chi connectivity index (χ0) is 22.8. The maximum absolute atomic E-state index is 13.4. The zero-order valence-corrected chi connectivity index (χ0v) is 18.1. The first-order valence-corrected chi connectivity index (χ1v) is 10.1. The normalized spacial score (nSPS) is 10.8. The number of hydrogen-bond donors (Lipinski definition) is 1. The molecule has 1 aromatic heterocycles. The average molecular weight is 429 g/mol. The van der Waals surface area contributed by atoms with Gasteiger partial charge in [-0.15, -0.1) is 0 Å². The number of carbonyl (C=O) groups excluding carboxylic acids is 1. The van der Waals surface area contributed by atoms with Gasteiger partial charge in [0.05, 0.1) is 23.7 Å². The van der Waals surface area contributed by atoms with Crippen LogP contribution < -0.4 is 21.3 Å². The second-order valence-corrected chi connectivity index (χ2v) is 7.65. The number of anilines is 1. The number of amides is 1. The lowest BCUT2D eigenvalue weighted by Crippen LogP contribution is -2.40. The Bertz CT molecular complexity index is 1410. The molecular weight excluding hydrogens is 406 g/mol. The molecule has 1 heterocycles. The fourth-order valence-electron chi connectivity index (χ4n) is 3.80. The summed E-state index contributed by atoms with van der Waals surface area (Å²) in [5, 5.41) is 3.15. The summed E-state index contributed by atoms with van der Waals surface area (Å²) in [6.07, 6.45) is 0. The number of aryl methyl sites for hydroxylation is 2. The molecule has 1 amide bonds. The molecule has 0 fully saturated rings. The Hall–Kier alpha value is -4.13. The lowest BCUT2D eigenvalue weighted by Gasteiger charge is -2.15. The molecule has 0 bridgehead atoms. The summed E-state index contributed by atoms with van der Waals surface area (Å²) in [4.78, 5) is 39.4. The Kier molecular flexibility index (Phi) is 5.64. The van der Waals surface area contributed by atoms with Crippen molar-refractivity contribution < 1.29 is 9.53 Å². The monoisotopic (exact) mass is 429 g/mol. The zero-order valence-electron chi connectivity index (χ0n) is 18.1. The van der Waals surface area contributed by atoms with E-state index in [4.69, 9.17) is 4.74 Å². The molecule has 0 aliphatic heterocycles. The molecule has 3 aromatic carbocycles. The molecule has 4 aromatic rings. The largest absolute Gasteiger partial charge is 0.497 e. The van der Waals surface area contributed by atoms with Gasteiger partial charge in [-0.05, 0) is 73.5 Å². The fraction of sp³-hybridized carbons (Fsp3) is 0.160. The van der Waals surface area contributed by atoms with E-state index in [1.807, 2.05) is 19.9 Å². The maximum atomic E-state index is 13.4. The number of nitrogens with one attached hydrogen (secondary N) is 1. The minimum Gasteiger partial charge on any atom is -0.497 e. The van der Waals surface area contributed by atoms with Crippen molar-refractivity contribution in [3.05, 3.63) is 98.7 Å². The highest BCUT2D eigenvalue weighted by Crippen LogP contribution is 2.16. The van der Waals surface area contributed by atoms with Gasteiger partial charge >= 0.3 is 5.69 Å². The third-order valence-corrected chi connectivity index (χ3v) is 5.19. The highest BCUT2D eigenvalue weighted by Gasteiger charge is 2.17. The minimum atomic E-state index is -0.566. The Morgan fingerprint density at radius 3 is 2.25 bits per heavy atom. The molecule has 0 spiro atoms. The average Bonchev–Trinajstić information content (AvgIpc) is 2.77. The van der Waals surface area contributed by atoms with Crippen LogP contribution in [0.3, 0.4) is 0 Å². The molecule has 0 unspecified atom stereocenters. The van der Waals surface area contributed by atoms with E-state index in [1.54, 1.807) is 67.8 Å². The summed E-state index contributed by atoms with van der Waals surface area (Å²) in [6.45, 7) is 3.57. The number of nitrogens with zero attached hydrogens (tertiary/aromatic N) is 2. The number of fused-ring (bicyclic) bond motifs is 1. The van der Waals surface area contributed by atoms with Crippen LogP contribution in [0.1, 0.15) is 11.1 Å². The van der Waals surface area contributed by atoms with E-state index in [9.17, 15) is 14.4 Å². The molecule has 0 radical (unpaired) electrons. The molecule has 0 aliphatic rings. The van der Waals surface area contributed by atoms with Crippen molar-refractivity contribution >= 4 is 22.5 Å². The van der Waals surface area contributed by atoms with Crippen LogP contribution >= 0.6 is 0 Å². The van der Waals surface area contributed by atoms with E-state index in [2.05, 4.69) is 5.32 Å². The van der Waals surface area contributed by atoms with E-state index < -0.39 is 11.2 Å². The summed E-state index contributed by atoms with van der Waals surface area (Å²) in [5.41, 5.74) is 2.36. The predicted octanol–water partition coefficient (Wildman–Crippen LogP) is 3.42. The van der Waals surface area contributed by atoms with Crippen molar-refractivity contribution in [1.29, 1.82) is 0 Å². The first-order chi connectivity index (χ1) is 15.4. The minimum absolute atomic E-state index is 0.240. The van der Waals surface area contributed by atoms with Crippen molar-refractivity contribution in [3.63, 3.8) is 0 Å². The number of carbonyl (C=O) groups is 1. The summed E-state index contributed by atoms with van der Waals surface area (Å²) < 4.78 is 7.58. The van der Waals surface area contributed by atoms with Crippen LogP contribution in [0, 0.1) is 13.8 Å². The van der Waals surface area contributed by atoms with E-state index in [-0.39, 0.29) is 12.5 Å². The molecule has 7 nitrogen and oxygen atoms in total. The standard InChI is InChI=1S/C25H23N3O4/c1-16-12-17(2)14-19(13-16)28-24(30)21-6-4-5-7-22(21)27(25(28)31)15-23(29)26-18-8-10-20(32-3)11-9-18/h4-14H,15H2,1-3H3,(H,26,29). The second kappa shape index (κ2) is 8.55. The first-order valence-electron chi connectivity index (χ1n) is 10.1. The molecular formula is C25H23N3O4. The van der Waals surface area contributed by atoms with E-state index in [0.29, 0.717) is 28.0 Å². The van der Waals surface area contributed by atoms with Gasteiger partial charge in [-0.25, -0.2) is 9.36 Å². The van der Waals surface area contributed by atoms with Gasteiger partial charge in [0.2, 0.25) is 5.91 Å². The molecule has 1 N–H and O–H groups in total. The number of ether oxygens (including phenoxy) is 1. The number of benzene rings is 3. The van der Waals surface area contributed by atoms with Gasteiger partial charge in [-0.1, -0.05) is 18.2 Å². The van der Waals surface area contributed by atoms with Gasteiger partial charge in [-0.2, -0.15) is 0 Å². The summed E-state index contributed by atoms with van der Waals surface area (Å²) in [7, 11) is 1.57. The Morgan fingerprint density at radius 2 is 1.59 bits per heavy atom. The number of methoxy groups -OCH3 is 1. The SMILES string of the molecule is COc1ccc(NC(=O)Cn2c(=O)n(-c3cc(C)cc(C)c3)c(=O)c3ccccc32)cc1.